The van der Waals surface area contributed by atoms with Crippen LogP contribution in [0.3, 0.4) is 0 Å². The lowest BCUT2D eigenvalue weighted by atomic mass is 9.81. The largest absolute Gasteiger partial charge is 0.381 e. The van der Waals surface area contributed by atoms with Gasteiger partial charge in [0.05, 0.1) is 31.3 Å². The molecule has 0 saturated carbocycles. The second kappa shape index (κ2) is 15.0. The molecule has 0 aromatic carbocycles. The van der Waals surface area contributed by atoms with E-state index < -0.39 is 40.0 Å². The molecule has 11 heteroatoms. The first-order valence-corrected chi connectivity index (χ1v) is 14.9. The molecule has 208 valence electrons. The topological polar surface area (TPSA) is 123 Å². The number of ether oxygens (including phenoxy) is 2. The molecule has 36 heavy (non-hydrogen) atoms. The van der Waals surface area contributed by atoms with E-state index in [2.05, 4.69) is 10.9 Å². The lowest BCUT2D eigenvalue weighted by Gasteiger charge is -2.30. The predicted octanol–water partition coefficient (Wildman–Crippen LogP) is 2.92. The summed E-state index contributed by atoms with van der Waals surface area (Å²) in [4.78, 5) is 32.4. The van der Waals surface area contributed by atoms with Gasteiger partial charge in [0, 0.05) is 19.6 Å². The summed E-state index contributed by atoms with van der Waals surface area (Å²) < 4.78 is 36.6. The van der Waals surface area contributed by atoms with Gasteiger partial charge in [-0.05, 0) is 50.4 Å². The van der Waals surface area contributed by atoms with E-state index in [1.54, 1.807) is 0 Å². The van der Waals surface area contributed by atoms with E-state index in [0.29, 0.717) is 39.1 Å². The zero-order valence-corrected chi connectivity index (χ0v) is 23.3. The van der Waals surface area contributed by atoms with E-state index in [4.69, 9.17) is 14.3 Å². The summed E-state index contributed by atoms with van der Waals surface area (Å²) in [6.07, 6.45) is 7.49. The molecule has 10 nitrogen and oxygen atoms in total. The van der Waals surface area contributed by atoms with Gasteiger partial charge in [0.1, 0.15) is 0 Å². The SMILES string of the molecule is CC(C)C[C@@H](C(=O)NN(CC(C)C)S(C)(=O)=O)[C@H](CC=C1CCOCC1)C(=O)NOC1CCCCO1. The van der Waals surface area contributed by atoms with Crippen molar-refractivity contribution in [2.75, 3.05) is 32.6 Å². The quantitative estimate of drug-likeness (QED) is 0.277. The minimum atomic E-state index is -3.68. The minimum absolute atomic E-state index is 0.00446. The lowest BCUT2D eigenvalue weighted by Crippen LogP contribution is -2.52. The number of nitrogens with zero attached hydrogens (tertiary/aromatic N) is 1. The number of sulfonamides is 1. The number of carbonyl (C=O) groups is 2. The number of rotatable bonds is 13. The minimum Gasteiger partial charge on any atom is -0.381 e. The molecule has 2 aliphatic heterocycles. The molecule has 2 N–H and O–H groups in total. The van der Waals surface area contributed by atoms with Crippen molar-refractivity contribution in [3.05, 3.63) is 11.6 Å². The summed E-state index contributed by atoms with van der Waals surface area (Å²) in [5.74, 6) is -2.30. The van der Waals surface area contributed by atoms with Gasteiger partial charge in [-0.15, -0.1) is 4.41 Å². The molecule has 0 radical (unpaired) electrons. The highest BCUT2D eigenvalue weighted by Crippen LogP contribution is 2.27. The number of nitrogens with one attached hydrogen (secondary N) is 2. The Morgan fingerprint density at radius 3 is 2.31 bits per heavy atom. The first-order chi connectivity index (χ1) is 17.0. The highest BCUT2D eigenvalue weighted by Gasteiger charge is 2.36. The Morgan fingerprint density at radius 1 is 1.06 bits per heavy atom. The van der Waals surface area contributed by atoms with Crippen LogP contribution in [0.25, 0.3) is 0 Å². The van der Waals surface area contributed by atoms with E-state index in [0.717, 1.165) is 36.4 Å². The number of hydrazine groups is 1. The number of hydrogen-bond donors (Lipinski definition) is 2. The average molecular weight is 532 g/mol. The molecule has 0 aromatic rings. The van der Waals surface area contributed by atoms with Crippen molar-refractivity contribution in [1.82, 2.24) is 15.3 Å². The molecule has 2 rings (SSSR count). The Morgan fingerprint density at radius 2 is 1.75 bits per heavy atom. The van der Waals surface area contributed by atoms with Crippen LogP contribution >= 0.6 is 0 Å². The monoisotopic (exact) mass is 531 g/mol. The Kier molecular flexibility index (Phi) is 12.8. The first-order valence-electron chi connectivity index (χ1n) is 13.1. The Hall–Kier alpha value is -1.53. The summed E-state index contributed by atoms with van der Waals surface area (Å²) in [7, 11) is -3.68. The molecule has 2 saturated heterocycles. The molecule has 2 fully saturated rings. The maximum Gasteiger partial charge on any atom is 0.247 e. The smallest absolute Gasteiger partial charge is 0.247 e. The Balaban J connectivity index is 2.26. The molecular formula is C25H45N3O7S. The van der Waals surface area contributed by atoms with Gasteiger partial charge in [-0.1, -0.05) is 39.3 Å². The zero-order chi connectivity index (χ0) is 26.7. The van der Waals surface area contributed by atoms with E-state index in [1.165, 1.54) is 5.57 Å². The average Bonchev–Trinajstić information content (AvgIpc) is 2.82. The summed E-state index contributed by atoms with van der Waals surface area (Å²) in [5.41, 5.74) is 6.32. The molecule has 2 amide bonds. The van der Waals surface area contributed by atoms with E-state index in [9.17, 15) is 18.0 Å². The van der Waals surface area contributed by atoms with Gasteiger partial charge in [0.2, 0.25) is 21.8 Å². The van der Waals surface area contributed by atoms with Crippen molar-refractivity contribution < 1.29 is 32.3 Å². The molecule has 1 unspecified atom stereocenters. The summed E-state index contributed by atoms with van der Waals surface area (Å²) in [6, 6.07) is 0. The normalized spacial score (nSPS) is 20.9. The third-order valence-corrected chi connectivity index (χ3v) is 7.32. The Bertz CT molecular complexity index is 831. The van der Waals surface area contributed by atoms with Crippen LogP contribution in [0.1, 0.15) is 72.6 Å². The van der Waals surface area contributed by atoms with Crippen molar-refractivity contribution in [3.63, 3.8) is 0 Å². The summed E-state index contributed by atoms with van der Waals surface area (Å²) in [6.45, 7) is 9.68. The fourth-order valence-corrected chi connectivity index (χ4v) is 5.18. The van der Waals surface area contributed by atoms with Gasteiger partial charge >= 0.3 is 0 Å². The second-order valence-electron chi connectivity index (χ2n) is 10.6. The predicted molar refractivity (Wildman–Crippen MR) is 137 cm³/mol. The first kappa shape index (κ1) is 30.7. The maximum atomic E-state index is 13.5. The summed E-state index contributed by atoms with van der Waals surface area (Å²) in [5, 5.41) is 0. The molecule has 0 aliphatic carbocycles. The van der Waals surface area contributed by atoms with Gasteiger partial charge in [0.25, 0.3) is 0 Å². The maximum absolute atomic E-state index is 13.5. The van der Waals surface area contributed by atoms with Crippen LogP contribution in [0.5, 0.6) is 0 Å². The van der Waals surface area contributed by atoms with Crippen molar-refractivity contribution in [1.29, 1.82) is 0 Å². The third-order valence-electron chi connectivity index (χ3n) is 6.28. The summed E-state index contributed by atoms with van der Waals surface area (Å²) >= 11 is 0. The van der Waals surface area contributed by atoms with Crippen LogP contribution in [0, 0.1) is 23.7 Å². The van der Waals surface area contributed by atoms with Gasteiger partial charge in [-0.2, -0.15) is 0 Å². The van der Waals surface area contributed by atoms with Crippen molar-refractivity contribution in [2.45, 2.75) is 78.9 Å². The molecule has 3 atom stereocenters. The van der Waals surface area contributed by atoms with Crippen LogP contribution in [-0.2, 0) is 33.9 Å². The van der Waals surface area contributed by atoms with Crippen LogP contribution in [0.4, 0.5) is 0 Å². The molecule has 0 spiro atoms. The highest BCUT2D eigenvalue weighted by atomic mass is 32.2. The van der Waals surface area contributed by atoms with E-state index in [1.807, 2.05) is 33.8 Å². The number of allylic oxidation sites excluding steroid dienone is 1. The second-order valence-corrected chi connectivity index (χ2v) is 12.5. The van der Waals surface area contributed by atoms with Crippen LogP contribution < -0.4 is 10.9 Å². The molecule has 0 aromatic heterocycles. The highest BCUT2D eigenvalue weighted by molar-refractivity contribution is 7.88. The van der Waals surface area contributed by atoms with Gasteiger partial charge in [-0.25, -0.2) is 18.7 Å². The Labute approximate surface area is 216 Å². The third kappa shape index (κ3) is 10.8. The molecule has 2 heterocycles. The molecule has 2 aliphatic rings. The standard InChI is InChI=1S/C25H45N3O7S/c1-18(2)16-22(24(29)26-28(17-19(3)4)36(5,31)32)21(10-9-20-11-14-33-15-12-20)25(30)27-35-23-8-6-7-13-34-23/h9,18-19,21-23H,6-8,10-17H2,1-5H3,(H,26,29)(H,27,30)/t21-,22+,23?/m0/s1. The number of hydroxylamine groups is 1. The fraction of sp³-hybridized carbons (Fsp3) is 0.840. The molecule has 0 bridgehead atoms. The molecular weight excluding hydrogens is 486 g/mol. The van der Waals surface area contributed by atoms with Gasteiger partial charge < -0.3 is 9.47 Å². The lowest BCUT2D eigenvalue weighted by molar-refractivity contribution is -0.203. The van der Waals surface area contributed by atoms with Crippen LogP contribution in [-0.4, -0.2) is 63.6 Å². The number of amides is 2. The van der Waals surface area contributed by atoms with Gasteiger partial charge in [-0.3, -0.25) is 15.0 Å². The van der Waals surface area contributed by atoms with Crippen LogP contribution in [0.15, 0.2) is 11.6 Å². The van der Waals surface area contributed by atoms with Crippen LogP contribution in [0.2, 0.25) is 0 Å². The van der Waals surface area contributed by atoms with Crippen molar-refractivity contribution in [3.8, 4) is 0 Å². The number of hydrogen-bond acceptors (Lipinski definition) is 7. The zero-order valence-electron chi connectivity index (χ0n) is 22.5. The van der Waals surface area contributed by atoms with Crippen molar-refractivity contribution >= 4 is 21.8 Å². The fourth-order valence-electron chi connectivity index (χ4n) is 4.35. The number of carbonyl (C=O) groups excluding carboxylic acids is 2. The van der Waals surface area contributed by atoms with E-state index in [-0.39, 0.29) is 18.4 Å². The van der Waals surface area contributed by atoms with Gasteiger partial charge in [0.15, 0.2) is 6.29 Å². The van der Waals surface area contributed by atoms with E-state index >= 15 is 0 Å². The van der Waals surface area contributed by atoms with Crippen molar-refractivity contribution in [2.24, 2.45) is 23.7 Å².